The van der Waals surface area contributed by atoms with Gasteiger partial charge in [-0.15, -0.1) is 0 Å². The fourth-order valence-corrected chi connectivity index (χ4v) is 9.61. The molecule has 3 aromatic carbocycles. The Kier molecular flexibility index (Phi) is 6.72. The number of thiazole rings is 2. The topological polar surface area (TPSA) is 14.2 Å². The molecular formula is C38H40N4S2+2. The summed E-state index contributed by atoms with van der Waals surface area (Å²) in [5.74, 6) is 0. The predicted octanol–water partition coefficient (Wildman–Crippen LogP) is 8.41. The zero-order valence-electron chi connectivity index (χ0n) is 26.8. The van der Waals surface area contributed by atoms with E-state index < -0.39 is 0 Å². The van der Waals surface area contributed by atoms with Crippen LogP contribution in [0, 0.1) is 0 Å². The lowest BCUT2D eigenvalue weighted by Crippen LogP contribution is -2.30. The largest absolute Gasteiger partial charge is 0.347 e. The molecule has 0 aliphatic carbocycles. The molecule has 0 bridgehead atoms. The Labute approximate surface area is 268 Å². The molecule has 0 spiro atoms. The van der Waals surface area contributed by atoms with Crippen LogP contribution in [-0.4, -0.2) is 14.1 Å². The van der Waals surface area contributed by atoms with Crippen LogP contribution in [0.15, 0.2) is 96.4 Å². The van der Waals surface area contributed by atoms with Gasteiger partial charge in [0.25, 0.3) is 10.0 Å². The van der Waals surface area contributed by atoms with Crippen molar-refractivity contribution in [3.63, 3.8) is 0 Å². The molecule has 44 heavy (non-hydrogen) atoms. The molecule has 0 atom stereocenters. The van der Waals surface area contributed by atoms with Crippen molar-refractivity contribution in [1.29, 1.82) is 0 Å². The SMILES string of the molecule is CN1/C(=C\C=C\c2sc3c(ccc4sc(/C=C/C=C5/N(C)c6ccccc6C5(C)C)[n+](C)c43)[n+]2C)C(C)(C)c2ccccc21. The maximum atomic E-state index is 2.36. The molecule has 222 valence electrons. The lowest BCUT2D eigenvalue weighted by molar-refractivity contribution is -0.644. The van der Waals surface area contributed by atoms with Gasteiger partial charge in [0.05, 0.1) is 0 Å². The Balaban J connectivity index is 1.20. The summed E-state index contributed by atoms with van der Waals surface area (Å²) in [6.07, 6.45) is 13.5. The van der Waals surface area contributed by atoms with Gasteiger partial charge >= 0.3 is 0 Å². The van der Waals surface area contributed by atoms with E-state index in [9.17, 15) is 0 Å². The van der Waals surface area contributed by atoms with Crippen LogP contribution >= 0.6 is 22.7 Å². The van der Waals surface area contributed by atoms with Gasteiger partial charge in [-0.3, -0.25) is 0 Å². The van der Waals surface area contributed by atoms with Gasteiger partial charge in [0, 0.05) is 65.9 Å². The Morgan fingerprint density at radius 1 is 0.636 bits per heavy atom. The number of aryl methyl sites for hydroxylation is 2. The van der Waals surface area contributed by atoms with Crippen LogP contribution in [0.3, 0.4) is 0 Å². The van der Waals surface area contributed by atoms with Gasteiger partial charge in [-0.25, -0.2) is 0 Å². The van der Waals surface area contributed by atoms with Crippen LogP contribution in [0.1, 0.15) is 48.8 Å². The first-order chi connectivity index (χ1) is 21.0. The fourth-order valence-electron chi connectivity index (χ4n) is 7.23. The summed E-state index contributed by atoms with van der Waals surface area (Å²) >= 11 is 3.72. The number of hydrogen-bond donors (Lipinski definition) is 0. The molecule has 0 saturated heterocycles. The smallest absolute Gasteiger partial charge is 0.262 e. The monoisotopic (exact) mass is 616 g/mol. The van der Waals surface area contributed by atoms with E-state index in [1.54, 1.807) is 0 Å². The van der Waals surface area contributed by atoms with E-state index in [-0.39, 0.29) is 10.8 Å². The van der Waals surface area contributed by atoms with E-state index in [0.717, 1.165) is 0 Å². The highest BCUT2D eigenvalue weighted by atomic mass is 32.1. The van der Waals surface area contributed by atoms with Crippen molar-refractivity contribution in [2.45, 2.75) is 38.5 Å². The van der Waals surface area contributed by atoms with Crippen molar-refractivity contribution in [2.24, 2.45) is 14.1 Å². The highest BCUT2D eigenvalue weighted by Crippen LogP contribution is 2.47. The van der Waals surface area contributed by atoms with Gasteiger partial charge in [0.2, 0.25) is 11.0 Å². The van der Waals surface area contributed by atoms with Crippen LogP contribution in [0.25, 0.3) is 32.6 Å². The highest BCUT2D eigenvalue weighted by Gasteiger charge is 2.38. The van der Waals surface area contributed by atoms with E-state index in [1.165, 1.54) is 64.3 Å². The number of fused-ring (bicyclic) bond motifs is 5. The van der Waals surface area contributed by atoms with Crippen LogP contribution in [0.5, 0.6) is 0 Å². The Morgan fingerprint density at radius 3 is 1.66 bits per heavy atom. The van der Waals surface area contributed by atoms with Gasteiger partial charge in [-0.05, 0) is 41.5 Å². The van der Waals surface area contributed by atoms with Crippen LogP contribution in [-0.2, 0) is 24.9 Å². The molecule has 0 amide bonds. The molecule has 0 radical (unpaired) electrons. The maximum Gasteiger partial charge on any atom is 0.262 e. The molecule has 2 aliphatic heterocycles. The number of nitrogens with zero attached hydrogens (tertiary/aromatic N) is 4. The van der Waals surface area contributed by atoms with Crippen LogP contribution < -0.4 is 18.9 Å². The first-order valence-electron chi connectivity index (χ1n) is 15.2. The average molecular weight is 617 g/mol. The molecule has 0 N–H and O–H groups in total. The molecule has 0 fully saturated rings. The number of para-hydroxylation sites is 2. The quantitative estimate of drug-likeness (QED) is 0.188. The second kappa shape index (κ2) is 10.3. The van der Waals surface area contributed by atoms with Gasteiger partial charge in [0.15, 0.2) is 4.70 Å². The summed E-state index contributed by atoms with van der Waals surface area (Å²) in [5.41, 5.74) is 10.5. The third-order valence-corrected chi connectivity index (χ3v) is 12.1. The second-order valence-corrected chi connectivity index (χ2v) is 15.1. The first kappa shape index (κ1) is 28.8. The molecule has 4 nitrogen and oxygen atoms in total. The number of benzene rings is 3. The Bertz CT molecular complexity index is 2080. The van der Waals surface area contributed by atoms with Crippen LogP contribution in [0.2, 0.25) is 0 Å². The summed E-state index contributed by atoms with van der Waals surface area (Å²) in [6.45, 7) is 9.26. The lowest BCUT2D eigenvalue weighted by atomic mass is 9.84. The van der Waals surface area contributed by atoms with Crippen molar-refractivity contribution in [3.8, 4) is 0 Å². The average Bonchev–Trinajstić information content (AvgIpc) is 3.63. The van der Waals surface area contributed by atoms with E-state index in [0.29, 0.717) is 0 Å². The Morgan fingerprint density at radius 2 is 1.14 bits per heavy atom. The molecule has 7 rings (SSSR count). The number of likely N-dealkylation sites (N-methyl/N-ethyl adjacent to an activating group) is 2. The van der Waals surface area contributed by atoms with Gasteiger partial charge in [-0.1, -0.05) is 98.9 Å². The van der Waals surface area contributed by atoms with E-state index in [2.05, 4.69) is 172 Å². The normalized spacial score (nSPS) is 19.1. The predicted molar refractivity (Wildman–Crippen MR) is 190 cm³/mol. The highest BCUT2D eigenvalue weighted by molar-refractivity contribution is 7.22. The minimum Gasteiger partial charge on any atom is -0.347 e. The van der Waals surface area contributed by atoms with Gasteiger partial charge < -0.3 is 9.80 Å². The fraction of sp³-hybridized carbons (Fsp3) is 0.263. The molecular weight excluding hydrogens is 577 g/mol. The number of hydrogen-bond acceptors (Lipinski definition) is 4. The standard InChI is InChI=1S/C38H40N4S2/c1-37(2)25-15-9-11-17-27(25)39(5)31(37)19-13-21-33-41(7)29-23-24-30-35(36(29)44-33)42(8)34(43-30)22-14-20-32-38(3,4)26-16-10-12-18-28(26)40(32)6/h9-24H,1-8H3/q+2. The van der Waals surface area contributed by atoms with Crippen molar-refractivity contribution < 1.29 is 9.13 Å². The van der Waals surface area contributed by atoms with Crippen molar-refractivity contribution in [3.05, 3.63) is 118 Å². The summed E-state index contributed by atoms with van der Waals surface area (Å²) < 4.78 is 7.31. The van der Waals surface area contributed by atoms with E-state index in [4.69, 9.17) is 0 Å². The summed E-state index contributed by atoms with van der Waals surface area (Å²) in [7, 11) is 8.72. The summed E-state index contributed by atoms with van der Waals surface area (Å²) in [6, 6.07) is 22.0. The zero-order valence-corrected chi connectivity index (χ0v) is 28.5. The second-order valence-electron chi connectivity index (χ2n) is 13.0. The van der Waals surface area contributed by atoms with Gasteiger partial charge in [-0.2, -0.15) is 9.13 Å². The molecule has 5 aromatic rings. The number of aromatic nitrogens is 2. The lowest BCUT2D eigenvalue weighted by Gasteiger charge is -2.23. The van der Waals surface area contributed by atoms with Gasteiger partial charge in [0.1, 0.15) is 18.8 Å². The molecule has 0 unspecified atom stereocenters. The van der Waals surface area contributed by atoms with Crippen molar-refractivity contribution in [2.75, 3.05) is 23.9 Å². The minimum atomic E-state index is -0.0264. The molecule has 6 heteroatoms. The minimum absolute atomic E-state index is 0.0251. The summed E-state index contributed by atoms with van der Waals surface area (Å²) in [4.78, 5) is 4.66. The third kappa shape index (κ3) is 4.22. The first-order valence-corrected chi connectivity index (χ1v) is 16.8. The Hall–Kier alpha value is -4.00. The maximum absolute atomic E-state index is 2.36. The summed E-state index contributed by atoms with van der Waals surface area (Å²) in [5, 5.41) is 2.48. The number of anilines is 2. The molecule has 4 heterocycles. The number of rotatable bonds is 4. The van der Waals surface area contributed by atoms with E-state index >= 15 is 0 Å². The third-order valence-electron chi connectivity index (χ3n) is 9.72. The van der Waals surface area contributed by atoms with Crippen LogP contribution in [0.4, 0.5) is 11.4 Å². The zero-order chi connectivity index (χ0) is 31.0. The van der Waals surface area contributed by atoms with Crippen molar-refractivity contribution >= 4 is 66.6 Å². The number of allylic oxidation sites excluding steroid dienone is 6. The van der Waals surface area contributed by atoms with Crippen molar-refractivity contribution in [1.82, 2.24) is 0 Å². The van der Waals surface area contributed by atoms with E-state index in [1.807, 2.05) is 22.7 Å². The molecule has 2 aliphatic rings. The molecule has 0 saturated carbocycles. The molecule has 2 aromatic heterocycles.